The number of carbonyl (C=O) groups excluding carboxylic acids is 2. The molecule has 0 saturated heterocycles. The third-order valence-electron chi connectivity index (χ3n) is 5.19. The number of benzene rings is 2. The molecule has 33 heavy (non-hydrogen) atoms. The molecule has 2 amide bonds. The molecule has 1 heterocycles. The average molecular weight is 486 g/mol. The first-order valence-electron chi connectivity index (χ1n) is 10.6. The van der Waals surface area contributed by atoms with E-state index in [1.807, 2.05) is 63.6 Å². The Bertz CT molecular complexity index is 1160. The summed E-state index contributed by atoms with van der Waals surface area (Å²) in [5.74, 6) is 0.571. The lowest BCUT2D eigenvalue weighted by atomic mass is 10.0. The summed E-state index contributed by atoms with van der Waals surface area (Å²) in [6.45, 7) is 7.89. The summed E-state index contributed by atoms with van der Waals surface area (Å²) >= 11 is 7.31. The van der Waals surface area contributed by atoms with E-state index in [0.29, 0.717) is 27.3 Å². The Morgan fingerprint density at radius 3 is 2.58 bits per heavy atom. The molecule has 0 bridgehead atoms. The highest BCUT2D eigenvalue weighted by molar-refractivity contribution is 7.99. The van der Waals surface area contributed by atoms with E-state index in [9.17, 15) is 9.59 Å². The maximum absolute atomic E-state index is 12.8. The van der Waals surface area contributed by atoms with Crippen molar-refractivity contribution in [2.75, 3.05) is 11.1 Å². The standard InChI is InChI=1S/C24H28ClN5O2S/c1-14(2)21(27-23(32)17-8-6-7-15(3)11-17)22-28-29-24(30(22)5)33-13-20(31)26-19-12-18(25)10-9-16(19)4/h6-12,14,21H,13H2,1-5H3,(H,26,31)(H,27,32)/t21-/m0/s1. The highest BCUT2D eigenvalue weighted by Gasteiger charge is 2.25. The van der Waals surface area contributed by atoms with Gasteiger partial charge in [0.2, 0.25) is 5.91 Å². The third-order valence-corrected chi connectivity index (χ3v) is 6.44. The molecular weight excluding hydrogens is 458 g/mol. The summed E-state index contributed by atoms with van der Waals surface area (Å²) < 4.78 is 1.82. The van der Waals surface area contributed by atoms with Gasteiger partial charge in [0.15, 0.2) is 11.0 Å². The van der Waals surface area contributed by atoms with E-state index in [0.717, 1.165) is 11.1 Å². The topological polar surface area (TPSA) is 88.9 Å². The van der Waals surface area contributed by atoms with E-state index < -0.39 is 0 Å². The van der Waals surface area contributed by atoms with Gasteiger partial charge in [-0.15, -0.1) is 10.2 Å². The summed E-state index contributed by atoms with van der Waals surface area (Å²) in [5, 5.41) is 15.7. The number of aryl methyl sites for hydroxylation is 2. The van der Waals surface area contributed by atoms with Crippen LogP contribution in [0.15, 0.2) is 47.6 Å². The van der Waals surface area contributed by atoms with E-state index in [1.165, 1.54) is 11.8 Å². The molecule has 0 aliphatic rings. The zero-order valence-electron chi connectivity index (χ0n) is 19.3. The van der Waals surface area contributed by atoms with Gasteiger partial charge in [-0.2, -0.15) is 0 Å². The van der Waals surface area contributed by atoms with Gasteiger partial charge in [0.1, 0.15) is 0 Å². The number of nitrogens with zero attached hydrogens (tertiary/aromatic N) is 3. The van der Waals surface area contributed by atoms with Crippen LogP contribution in [0, 0.1) is 19.8 Å². The second-order valence-corrected chi connectivity index (χ2v) is 9.64. The molecule has 9 heteroatoms. The average Bonchev–Trinajstić information content (AvgIpc) is 3.12. The lowest BCUT2D eigenvalue weighted by molar-refractivity contribution is -0.113. The highest BCUT2D eigenvalue weighted by Crippen LogP contribution is 2.25. The molecule has 0 aliphatic carbocycles. The van der Waals surface area contributed by atoms with Gasteiger partial charge < -0.3 is 15.2 Å². The molecule has 1 atom stereocenters. The molecule has 0 fully saturated rings. The fraction of sp³-hybridized carbons (Fsp3) is 0.333. The fourth-order valence-electron chi connectivity index (χ4n) is 3.31. The third kappa shape index (κ3) is 6.36. The van der Waals surface area contributed by atoms with Crippen molar-refractivity contribution in [1.29, 1.82) is 0 Å². The Hall–Kier alpha value is -2.84. The van der Waals surface area contributed by atoms with Gasteiger partial charge in [-0.1, -0.05) is 61.0 Å². The number of thioether (sulfide) groups is 1. The number of hydrogen-bond donors (Lipinski definition) is 2. The van der Waals surface area contributed by atoms with Gasteiger partial charge >= 0.3 is 0 Å². The van der Waals surface area contributed by atoms with Crippen molar-refractivity contribution in [3.05, 3.63) is 70.0 Å². The van der Waals surface area contributed by atoms with Crippen molar-refractivity contribution in [2.45, 2.75) is 38.9 Å². The maximum atomic E-state index is 12.8. The summed E-state index contributed by atoms with van der Waals surface area (Å²) in [6, 6.07) is 12.5. The van der Waals surface area contributed by atoms with Gasteiger partial charge in [0.05, 0.1) is 11.8 Å². The quantitative estimate of drug-likeness (QED) is 0.441. The Morgan fingerprint density at radius 1 is 1.12 bits per heavy atom. The van der Waals surface area contributed by atoms with Crippen molar-refractivity contribution in [3.8, 4) is 0 Å². The normalized spacial score (nSPS) is 12.0. The Kier molecular flexibility index (Phi) is 8.15. The molecule has 0 spiro atoms. The van der Waals surface area contributed by atoms with E-state index in [1.54, 1.807) is 18.2 Å². The van der Waals surface area contributed by atoms with Crippen LogP contribution in [0.5, 0.6) is 0 Å². The Labute approximate surface area is 203 Å². The zero-order chi connectivity index (χ0) is 24.1. The van der Waals surface area contributed by atoms with Crippen LogP contribution >= 0.6 is 23.4 Å². The van der Waals surface area contributed by atoms with Crippen LogP contribution < -0.4 is 10.6 Å². The van der Waals surface area contributed by atoms with Crippen LogP contribution in [0.3, 0.4) is 0 Å². The van der Waals surface area contributed by atoms with Crippen LogP contribution in [-0.4, -0.2) is 32.3 Å². The van der Waals surface area contributed by atoms with Crippen molar-refractivity contribution >= 4 is 40.9 Å². The van der Waals surface area contributed by atoms with Crippen LogP contribution in [0.2, 0.25) is 5.02 Å². The van der Waals surface area contributed by atoms with E-state index in [-0.39, 0.29) is 29.5 Å². The molecule has 3 aromatic rings. The number of halogens is 1. The number of amides is 2. The second-order valence-electron chi connectivity index (χ2n) is 8.26. The molecule has 0 unspecified atom stereocenters. The smallest absolute Gasteiger partial charge is 0.251 e. The molecule has 1 aromatic heterocycles. The van der Waals surface area contributed by atoms with Gasteiger partial charge in [0, 0.05) is 23.3 Å². The lowest BCUT2D eigenvalue weighted by Gasteiger charge is -2.21. The summed E-state index contributed by atoms with van der Waals surface area (Å²) in [7, 11) is 1.84. The number of aromatic nitrogens is 3. The first-order valence-corrected chi connectivity index (χ1v) is 12.0. The monoisotopic (exact) mass is 485 g/mol. The number of hydrogen-bond acceptors (Lipinski definition) is 5. The molecule has 2 aromatic carbocycles. The summed E-state index contributed by atoms with van der Waals surface area (Å²) in [6.07, 6.45) is 0. The second kappa shape index (κ2) is 10.9. The molecule has 2 N–H and O–H groups in total. The van der Waals surface area contributed by atoms with Gasteiger partial charge in [-0.3, -0.25) is 9.59 Å². The van der Waals surface area contributed by atoms with E-state index in [2.05, 4.69) is 20.8 Å². The van der Waals surface area contributed by atoms with E-state index in [4.69, 9.17) is 11.6 Å². The minimum absolute atomic E-state index is 0.0913. The molecule has 0 aliphatic heterocycles. The Balaban J connectivity index is 1.68. The van der Waals surface area contributed by atoms with Crippen molar-refractivity contribution in [2.24, 2.45) is 13.0 Å². The van der Waals surface area contributed by atoms with Gasteiger partial charge in [-0.25, -0.2) is 0 Å². The first-order chi connectivity index (χ1) is 15.7. The first kappa shape index (κ1) is 24.8. The minimum atomic E-state index is -0.326. The van der Waals surface area contributed by atoms with Crippen LogP contribution in [0.25, 0.3) is 0 Å². The number of carbonyl (C=O) groups is 2. The number of nitrogens with one attached hydrogen (secondary N) is 2. The van der Waals surface area contributed by atoms with E-state index >= 15 is 0 Å². The number of anilines is 1. The predicted octanol–water partition coefficient (Wildman–Crippen LogP) is 4.94. The van der Waals surface area contributed by atoms with Gasteiger partial charge in [0.25, 0.3) is 5.91 Å². The van der Waals surface area contributed by atoms with Crippen molar-refractivity contribution in [3.63, 3.8) is 0 Å². The predicted molar refractivity (Wildman–Crippen MR) is 133 cm³/mol. The van der Waals surface area contributed by atoms with Gasteiger partial charge in [-0.05, 0) is 49.6 Å². The van der Waals surface area contributed by atoms with Crippen LogP contribution in [-0.2, 0) is 11.8 Å². The minimum Gasteiger partial charge on any atom is -0.342 e. The zero-order valence-corrected chi connectivity index (χ0v) is 20.9. The molecule has 0 radical (unpaired) electrons. The molecule has 7 nitrogen and oxygen atoms in total. The summed E-state index contributed by atoms with van der Waals surface area (Å²) in [4.78, 5) is 25.3. The maximum Gasteiger partial charge on any atom is 0.251 e. The Morgan fingerprint density at radius 2 is 1.88 bits per heavy atom. The highest BCUT2D eigenvalue weighted by atomic mass is 35.5. The lowest BCUT2D eigenvalue weighted by Crippen LogP contribution is -2.33. The number of rotatable bonds is 8. The largest absolute Gasteiger partial charge is 0.342 e. The summed E-state index contributed by atoms with van der Waals surface area (Å²) in [5.41, 5.74) is 3.24. The van der Waals surface area contributed by atoms with Crippen molar-refractivity contribution in [1.82, 2.24) is 20.1 Å². The molecular formula is C24H28ClN5O2S. The molecule has 3 rings (SSSR count). The van der Waals surface area contributed by atoms with Crippen LogP contribution in [0.4, 0.5) is 5.69 Å². The SMILES string of the molecule is Cc1cccc(C(=O)N[C@H](c2nnc(SCC(=O)Nc3cc(Cl)ccc3C)n2C)C(C)C)c1. The molecule has 0 saturated carbocycles. The fourth-order valence-corrected chi connectivity index (χ4v) is 4.20. The molecule has 174 valence electrons. The van der Waals surface area contributed by atoms with Crippen LogP contribution in [0.1, 0.15) is 47.2 Å². The van der Waals surface area contributed by atoms with Crippen molar-refractivity contribution < 1.29 is 9.59 Å².